The first kappa shape index (κ1) is 12.0. The molecule has 0 aliphatic heterocycles. The summed E-state index contributed by atoms with van der Waals surface area (Å²) in [4.78, 5) is 10.2. The lowest BCUT2D eigenvalue weighted by atomic mass is 10.5. The van der Waals surface area contributed by atoms with Crippen LogP contribution in [0.4, 0.5) is 13.2 Å². The smallest absolute Gasteiger partial charge is 0.347 e. The fourth-order valence-corrected chi connectivity index (χ4v) is 1.49. The summed E-state index contributed by atoms with van der Waals surface area (Å²) < 4.78 is 34.6. The second kappa shape index (κ2) is 5.58. The van der Waals surface area contributed by atoms with Gasteiger partial charge in [-0.15, -0.1) is 0 Å². The highest BCUT2D eigenvalue weighted by atomic mass is 33.1. The van der Waals surface area contributed by atoms with E-state index >= 15 is 0 Å². The number of alkyl halides is 3. The number of carbonyl (C=O) groups excluding carboxylic acids is 1. The number of halogens is 3. The Morgan fingerprint density at radius 3 is 2.50 bits per heavy atom. The first-order chi connectivity index (χ1) is 5.48. The van der Waals surface area contributed by atoms with Gasteiger partial charge in [0, 0.05) is 12.3 Å². The Hall–Kier alpha value is -0.0400. The van der Waals surface area contributed by atoms with Crippen LogP contribution in [0.5, 0.6) is 0 Å². The zero-order chi connectivity index (χ0) is 9.61. The van der Waals surface area contributed by atoms with Crippen LogP contribution in [0, 0.1) is 0 Å². The van der Waals surface area contributed by atoms with Gasteiger partial charge in [0.25, 0.3) is 0 Å². The number of nitrogens with one attached hydrogen (secondary N) is 1. The highest BCUT2D eigenvalue weighted by Crippen LogP contribution is 2.16. The van der Waals surface area contributed by atoms with Crippen LogP contribution >= 0.6 is 21.6 Å². The Kier molecular flexibility index (Phi) is 5.56. The van der Waals surface area contributed by atoms with Crippen molar-refractivity contribution in [2.24, 2.45) is 0 Å². The van der Waals surface area contributed by atoms with Gasteiger partial charge in [0.2, 0.25) is 0 Å². The Bertz CT molecular complexity index is 150. The molecule has 0 saturated carbocycles. The van der Waals surface area contributed by atoms with Crippen LogP contribution in [0.25, 0.3) is 0 Å². The van der Waals surface area contributed by atoms with E-state index in [4.69, 9.17) is 0 Å². The molecule has 0 aromatic heterocycles. The second-order valence-corrected chi connectivity index (χ2v) is 4.43. The fourth-order valence-electron chi connectivity index (χ4n) is 0.390. The number of amides is 1. The summed E-state index contributed by atoms with van der Waals surface area (Å²) in [5.74, 6) is -1.40. The van der Waals surface area contributed by atoms with Gasteiger partial charge in [-0.3, -0.25) is 4.79 Å². The molecule has 2 nitrogen and oxygen atoms in total. The minimum Gasteiger partial charge on any atom is -0.347 e. The quantitative estimate of drug-likeness (QED) is 0.576. The van der Waals surface area contributed by atoms with Gasteiger partial charge in [-0.2, -0.15) is 13.2 Å². The maximum absolute atomic E-state index is 11.5. The van der Waals surface area contributed by atoms with Crippen LogP contribution in [0.1, 0.15) is 0 Å². The van der Waals surface area contributed by atoms with E-state index in [-0.39, 0.29) is 6.54 Å². The molecule has 0 aromatic rings. The number of carbonyl (C=O) groups is 1. The molecule has 0 spiro atoms. The van der Waals surface area contributed by atoms with Crippen molar-refractivity contribution in [2.45, 2.75) is 6.18 Å². The average molecular weight is 219 g/mol. The molecule has 12 heavy (non-hydrogen) atoms. The number of hydrogen-bond donors (Lipinski definition) is 1. The largest absolute Gasteiger partial charge is 0.471 e. The Morgan fingerprint density at radius 1 is 1.50 bits per heavy atom. The van der Waals surface area contributed by atoms with Crippen LogP contribution in [-0.2, 0) is 4.79 Å². The van der Waals surface area contributed by atoms with E-state index in [1.165, 1.54) is 21.6 Å². The van der Waals surface area contributed by atoms with Crippen molar-refractivity contribution >= 4 is 27.5 Å². The fraction of sp³-hybridized carbons (Fsp3) is 0.800. The van der Waals surface area contributed by atoms with Crippen molar-refractivity contribution in [3.8, 4) is 0 Å². The summed E-state index contributed by atoms with van der Waals surface area (Å²) in [6.07, 6.45) is -2.94. The van der Waals surface area contributed by atoms with Gasteiger partial charge in [0.15, 0.2) is 0 Å². The van der Waals surface area contributed by atoms with Gasteiger partial charge in [-0.25, -0.2) is 0 Å². The normalized spacial score (nSPS) is 11.3. The van der Waals surface area contributed by atoms with E-state index in [9.17, 15) is 18.0 Å². The van der Waals surface area contributed by atoms with E-state index in [1.54, 1.807) is 5.32 Å². The number of rotatable bonds is 4. The molecule has 0 aliphatic rings. The van der Waals surface area contributed by atoms with Crippen molar-refractivity contribution < 1.29 is 18.0 Å². The summed E-state index contributed by atoms with van der Waals surface area (Å²) in [6, 6.07) is 0. The number of hydrogen-bond acceptors (Lipinski definition) is 3. The van der Waals surface area contributed by atoms with E-state index in [0.717, 1.165) is 0 Å². The van der Waals surface area contributed by atoms with Crippen molar-refractivity contribution in [3.05, 3.63) is 0 Å². The van der Waals surface area contributed by atoms with Crippen LogP contribution in [0.15, 0.2) is 0 Å². The molecule has 1 amide bonds. The SMILES string of the molecule is CSSCCNC(=O)C(F)(F)F. The second-order valence-electron chi connectivity index (χ2n) is 1.74. The molecule has 0 atom stereocenters. The average Bonchev–Trinajstić information content (AvgIpc) is 1.96. The third-order valence-electron chi connectivity index (χ3n) is 0.846. The summed E-state index contributed by atoms with van der Waals surface area (Å²) in [5.41, 5.74) is 0. The summed E-state index contributed by atoms with van der Waals surface area (Å²) in [6.45, 7) is 0.0455. The molecule has 0 fully saturated rings. The van der Waals surface area contributed by atoms with Gasteiger partial charge in [0.1, 0.15) is 0 Å². The zero-order valence-corrected chi connectivity index (χ0v) is 7.91. The molecule has 0 radical (unpaired) electrons. The maximum Gasteiger partial charge on any atom is 0.471 e. The van der Waals surface area contributed by atoms with E-state index in [2.05, 4.69) is 0 Å². The molecule has 0 heterocycles. The first-order valence-corrected chi connectivity index (χ1v) is 5.72. The van der Waals surface area contributed by atoms with Crippen LogP contribution in [-0.4, -0.2) is 30.6 Å². The highest BCUT2D eigenvalue weighted by Gasteiger charge is 2.38. The van der Waals surface area contributed by atoms with Crippen LogP contribution in [0.2, 0.25) is 0 Å². The van der Waals surface area contributed by atoms with Gasteiger partial charge < -0.3 is 5.32 Å². The van der Waals surface area contributed by atoms with Crippen molar-refractivity contribution in [1.29, 1.82) is 0 Å². The Balaban J connectivity index is 3.45. The van der Waals surface area contributed by atoms with Gasteiger partial charge in [-0.05, 0) is 6.26 Å². The predicted octanol–water partition coefficient (Wildman–Crippen LogP) is 1.68. The molecule has 7 heteroatoms. The lowest BCUT2D eigenvalue weighted by Crippen LogP contribution is -2.37. The predicted molar refractivity (Wildman–Crippen MR) is 45.0 cm³/mol. The van der Waals surface area contributed by atoms with Crippen molar-refractivity contribution in [2.75, 3.05) is 18.6 Å². The standard InChI is InChI=1S/C5H8F3NOS2/c1-11-12-3-2-9-4(10)5(6,7)8/h2-3H2,1H3,(H,9,10). The summed E-state index contributed by atoms with van der Waals surface area (Å²) in [5, 5.41) is 1.76. The van der Waals surface area contributed by atoms with Gasteiger partial charge >= 0.3 is 12.1 Å². The highest BCUT2D eigenvalue weighted by molar-refractivity contribution is 8.76. The third kappa shape index (κ3) is 5.59. The third-order valence-corrected chi connectivity index (χ3v) is 2.66. The Labute approximate surface area is 76.1 Å². The molecule has 0 aliphatic carbocycles. The summed E-state index contributed by atoms with van der Waals surface area (Å²) in [7, 11) is 2.84. The molecule has 0 bridgehead atoms. The van der Waals surface area contributed by atoms with E-state index < -0.39 is 12.1 Å². The molecular weight excluding hydrogens is 211 g/mol. The lowest BCUT2D eigenvalue weighted by molar-refractivity contribution is -0.173. The molecule has 0 saturated heterocycles. The molecule has 1 N–H and O–H groups in total. The topological polar surface area (TPSA) is 29.1 Å². The van der Waals surface area contributed by atoms with Crippen LogP contribution in [0.3, 0.4) is 0 Å². The monoisotopic (exact) mass is 219 g/mol. The molecule has 0 aromatic carbocycles. The molecular formula is C5H8F3NOS2. The van der Waals surface area contributed by atoms with Gasteiger partial charge in [-0.1, -0.05) is 21.6 Å². The Morgan fingerprint density at radius 2 is 2.08 bits per heavy atom. The van der Waals surface area contributed by atoms with E-state index in [1.807, 2.05) is 6.26 Å². The van der Waals surface area contributed by atoms with Crippen molar-refractivity contribution in [3.63, 3.8) is 0 Å². The van der Waals surface area contributed by atoms with Crippen molar-refractivity contribution in [1.82, 2.24) is 5.32 Å². The minimum atomic E-state index is -4.76. The van der Waals surface area contributed by atoms with Crippen LogP contribution < -0.4 is 5.32 Å². The minimum absolute atomic E-state index is 0.0455. The van der Waals surface area contributed by atoms with Gasteiger partial charge in [0.05, 0.1) is 0 Å². The molecule has 72 valence electrons. The lowest BCUT2D eigenvalue weighted by Gasteiger charge is -2.06. The van der Waals surface area contributed by atoms with E-state index in [0.29, 0.717) is 5.75 Å². The molecule has 0 unspecified atom stereocenters. The first-order valence-electron chi connectivity index (χ1n) is 2.99. The zero-order valence-electron chi connectivity index (χ0n) is 6.27. The molecule has 0 rings (SSSR count). The summed E-state index contributed by atoms with van der Waals surface area (Å²) >= 11 is 0. The maximum atomic E-state index is 11.5.